The van der Waals surface area contributed by atoms with E-state index in [9.17, 15) is 9.59 Å². The second-order valence-corrected chi connectivity index (χ2v) is 6.88. The summed E-state index contributed by atoms with van der Waals surface area (Å²) >= 11 is 23.9. The number of hydrogen-bond acceptors (Lipinski definition) is 3. The molecule has 0 radical (unpaired) electrons. The van der Waals surface area contributed by atoms with Crippen LogP contribution in [-0.4, -0.2) is 17.9 Å². The quantitative estimate of drug-likeness (QED) is 0.730. The second kappa shape index (κ2) is 6.81. The molecule has 1 N–H and O–H groups in total. The number of anilines is 2. The Morgan fingerprint density at radius 2 is 1.54 bits per heavy atom. The molecule has 1 fully saturated rings. The van der Waals surface area contributed by atoms with E-state index in [1.807, 2.05) is 0 Å². The summed E-state index contributed by atoms with van der Waals surface area (Å²) in [5.74, 6) is -0.762. The zero-order valence-electron chi connectivity index (χ0n) is 12.0. The van der Waals surface area contributed by atoms with Gasteiger partial charge in [-0.3, -0.25) is 9.59 Å². The van der Waals surface area contributed by atoms with Gasteiger partial charge in [-0.15, -0.1) is 0 Å². The first kappa shape index (κ1) is 17.4. The van der Waals surface area contributed by atoms with Crippen LogP contribution in [0.25, 0.3) is 0 Å². The molecule has 2 amide bonds. The molecule has 1 aliphatic heterocycles. The van der Waals surface area contributed by atoms with Crippen molar-refractivity contribution in [3.63, 3.8) is 0 Å². The maximum Gasteiger partial charge on any atom is 0.256 e. The van der Waals surface area contributed by atoms with Gasteiger partial charge in [-0.2, -0.15) is 0 Å². The van der Waals surface area contributed by atoms with E-state index in [-0.39, 0.29) is 17.4 Å². The van der Waals surface area contributed by atoms with Gasteiger partial charge in [0.25, 0.3) is 5.91 Å². The third-order valence-corrected chi connectivity index (χ3v) is 4.64. The Bertz CT molecular complexity index is 841. The molecule has 3 rings (SSSR count). The highest BCUT2D eigenvalue weighted by molar-refractivity contribution is 6.39. The van der Waals surface area contributed by atoms with Crippen LogP contribution in [0.2, 0.25) is 20.1 Å². The van der Waals surface area contributed by atoms with E-state index < -0.39 is 11.9 Å². The minimum Gasteiger partial charge on any atom is -0.372 e. The van der Waals surface area contributed by atoms with Crippen molar-refractivity contribution in [2.45, 2.75) is 12.5 Å². The molecule has 0 spiro atoms. The maximum absolute atomic E-state index is 12.6. The van der Waals surface area contributed by atoms with E-state index in [0.29, 0.717) is 26.4 Å². The van der Waals surface area contributed by atoms with Gasteiger partial charge in [0.05, 0.1) is 27.8 Å². The van der Waals surface area contributed by atoms with E-state index in [1.54, 1.807) is 24.3 Å². The molecule has 124 valence electrons. The summed E-state index contributed by atoms with van der Waals surface area (Å²) in [7, 11) is 0. The molecule has 4 nitrogen and oxygen atoms in total. The Labute approximate surface area is 158 Å². The summed E-state index contributed by atoms with van der Waals surface area (Å²) in [6.45, 7) is 0. The first-order chi connectivity index (χ1) is 11.4. The molecule has 2 aromatic carbocycles. The number of hydrogen-bond donors (Lipinski definition) is 1. The van der Waals surface area contributed by atoms with Crippen molar-refractivity contribution in [1.82, 2.24) is 0 Å². The maximum atomic E-state index is 12.6. The summed E-state index contributed by atoms with van der Waals surface area (Å²) in [6, 6.07) is 8.71. The van der Waals surface area contributed by atoms with Crippen molar-refractivity contribution >= 4 is 69.6 Å². The number of nitrogens with one attached hydrogen (secondary N) is 1. The predicted octanol–water partition coefficient (Wildman–Crippen LogP) is 5.04. The van der Waals surface area contributed by atoms with Crippen molar-refractivity contribution in [2.75, 3.05) is 10.2 Å². The molecular weight excluding hydrogens is 394 g/mol. The van der Waals surface area contributed by atoms with E-state index >= 15 is 0 Å². The first-order valence-electron chi connectivity index (χ1n) is 6.90. The molecule has 0 bridgehead atoms. The van der Waals surface area contributed by atoms with Crippen LogP contribution in [0.15, 0.2) is 36.4 Å². The lowest BCUT2D eigenvalue weighted by Gasteiger charge is -2.18. The predicted molar refractivity (Wildman–Crippen MR) is 97.4 cm³/mol. The number of carbonyl (C=O) groups is 2. The van der Waals surface area contributed by atoms with Gasteiger partial charge in [0.15, 0.2) is 0 Å². The zero-order valence-corrected chi connectivity index (χ0v) is 15.0. The van der Waals surface area contributed by atoms with Gasteiger partial charge in [0.1, 0.15) is 6.04 Å². The van der Waals surface area contributed by atoms with Crippen molar-refractivity contribution in [3.8, 4) is 0 Å². The molecule has 2 aromatic rings. The molecule has 1 aliphatic rings. The van der Waals surface area contributed by atoms with Gasteiger partial charge in [-0.05, 0) is 36.4 Å². The second-order valence-electron chi connectivity index (χ2n) is 5.19. The molecule has 8 heteroatoms. The molecular formula is C16H10Cl4N2O2. The average Bonchev–Trinajstić information content (AvgIpc) is 2.77. The minimum absolute atomic E-state index is 0.00323. The molecule has 0 saturated carbocycles. The standard InChI is InChI=1S/C16H10Cl4N2O2/c17-8-1-3-12(10(19)5-8)21-13-7-15(23)22(16(13)24)14-4-2-9(18)6-11(14)20/h1-6,13,21H,7H2/t13-/m1/s1. The lowest BCUT2D eigenvalue weighted by Crippen LogP contribution is -2.35. The molecule has 1 saturated heterocycles. The number of nitrogens with zero attached hydrogens (tertiary/aromatic N) is 1. The SMILES string of the molecule is O=C1C[C@@H](Nc2ccc(Cl)cc2Cl)C(=O)N1c1ccc(Cl)cc1Cl. The molecule has 1 atom stereocenters. The Morgan fingerprint density at radius 3 is 2.17 bits per heavy atom. The highest BCUT2D eigenvalue weighted by Crippen LogP contribution is 2.34. The minimum atomic E-state index is -0.733. The van der Waals surface area contributed by atoms with E-state index in [2.05, 4.69) is 5.32 Å². The highest BCUT2D eigenvalue weighted by atomic mass is 35.5. The van der Waals surface area contributed by atoms with Crippen molar-refractivity contribution in [2.24, 2.45) is 0 Å². The fraction of sp³-hybridized carbons (Fsp3) is 0.125. The summed E-state index contributed by atoms with van der Waals surface area (Å²) in [5, 5.41) is 4.47. The van der Waals surface area contributed by atoms with Crippen LogP contribution >= 0.6 is 46.4 Å². The number of rotatable bonds is 3. The Hall–Kier alpha value is -1.46. The van der Waals surface area contributed by atoms with Crippen LogP contribution in [-0.2, 0) is 9.59 Å². The summed E-state index contributed by atoms with van der Waals surface area (Å²) in [4.78, 5) is 26.0. The number of amides is 2. The summed E-state index contributed by atoms with van der Waals surface area (Å²) < 4.78 is 0. The van der Waals surface area contributed by atoms with E-state index in [4.69, 9.17) is 46.4 Å². The Balaban J connectivity index is 1.86. The highest BCUT2D eigenvalue weighted by Gasteiger charge is 2.40. The van der Waals surface area contributed by atoms with Gasteiger partial charge < -0.3 is 5.32 Å². The van der Waals surface area contributed by atoms with Crippen molar-refractivity contribution in [3.05, 3.63) is 56.5 Å². The van der Waals surface area contributed by atoms with Crippen molar-refractivity contribution < 1.29 is 9.59 Å². The van der Waals surface area contributed by atoms with Gasteiger partial charge in [-0.1, -0.05) is 46.4 Å². The third-order valence-electron chi connectivity index (χ3n) is 3.56. The Morgan fingerprint density at radius 1 is 0.917 bits per heavy atom. The van der Waals surface area contributed by atoms with Gasteiger partial charge in [0.2, 0.25) is 5.91 Å². The first-order valence-corrected chi connectivity index (χ1v) is 8.41. The third kappa shape index (κ3) is 3.33. The fourth-order valence-electron chi connectivity index (χ4n) is 2.45. The average molecular weight is 404 g/mol. The fourth-order valence-corrected chi connectivity index (χ4v) is 3.41. The lowest BCUT2D eigenvalue weighted by atomic mass is 10.2. The number of halogens is 4. The van der Waals surface area contributed by atoms with Crippen LogP contribution in [0.4, 0.5) is 11.4 Å². The monoisotopic (exact) mass is 402 g/mol. The van der Waals surface area contributed by atoms with Crippen LogP contribution in [0.5, 0.6) is 0 Å². The molecule has 0 unspecified atom stereocenters. The summed E-state index contributed by atoms with van der Waals surface area (Å²) in [5.41, 5.74) is 0.832. The zero-order chi connectivity index (χ0) is 17.4. The van der Waals surface area contributed by atoms with E-state index in [0.717, 1.165) is 4.90 Å². The number of imide groups is 1. The normalized spacial score (nSPS) is 17.5. The van der Waals surface area contributed by atoms with Gasteiger partial charge in [-0.25, -0.2) is 4.90 Å². The van der Waals surface area contributed by atoms with Gasteiger partial charge >= 0.3 is 0 Å². The lowest BCUT2D eigenvalue weighted by molar-refractivity contribution is -0.121. The largest absolute Gasteiger partial charge is 0.372 e. The van der Waals surface area contributed by atoms with Crippen LogP contribution < -0.4 is 10.2 Å². The number of benzene rings is 2. The van der Waals surface area contributed by atoms with Crippen molar-refractivity contribution in [1.29, 1.82) is 0 Å². The van der Waals surface area contributed by atoms with Crippen LogP contribution in [0.1, 0.15) is 6.42 Å². The molecule has 1 heterocycles. The van der Waals surface area contributed by atoms with Crippen LogP contribution in [0, 0.1) is 0 Å². The molecule has 0 aliphatic carbocycles. The summed E-state index contributed by atoms with van der Waals surface area (Å²) in [6.07, 6.45) is -0.00323. The smallest absolute Gasteiger partial charge is 0.256 e. The molecule has 0 aromatic heterocycles. The topological polar surface area (TPSA) is 49.4 Å². The Kier molecular flexibility index (Phi) is 4.92. The van der Waals surface area contributed by atoms with Gasteiger partial charge in [0, 0.05) is 10.0 Å². The number of carbonyl (C=O) groups excluding carboxylic acids is 2. The van der Waals surface area contributed by atoms with Crippen LogP contribution in [0.3, 0.4) is 0 Å². The molecule has 24 heavy (non-hydrogen) atoms. The van der Waals surface area contributed by atoms with E-state index in [1.165, 1.54) is 12.1 Å².